The number of ether oxygens (including phenoxy) is 2. The molecule has 0 radical (unpaired) electrons. The van der Waals surface area contributed by atoms with Gasteiger partial charge >= 0.3 is 5.97 Å². The Bertz CT molecular complexity index is 620. The summed E-state index contributed by atoms with van der Waals surface area (Å²) in [5.41, 5.74) is 4.77. The lowest BCUT2D eigenvalue weighted by Gasteiger charge is -2.14. The molecule has 0 saturated carbocycles. The van der Waals surface area contributed by atoms with Crippen molar-refractivity contribution < 1.29 is 14.3 Å². The van der Waals surface area contributed by atoms with E-state index in [4.69, 9.17) is 9.47 Å². The van der Waals surface area contributed by atoms with Crippen LogP contribution in [0.4, 0.5) is 0 Å². The first-order valence-corrected chi connectivity index (χ1v) is 8.97. The zero-order chi connectivity index (χ0) is 18.8. The van der Waals surface area contributed by atoms with E-state index in [0.29, 0.717) is 12.5 Å². The summed E-state index contributed by atoms with van der Waals surface area (Å²) in [6.07, 6.45) is 6.18. The summed E-state index contributed by atoms with van der Waals surface area (Å²) in [6, 6.07) is 6.08. The number of carbonyl (C=O) groups excluding carboxylic acids is 1. The summed E-state index contributed by atoms with van der Waals surface area (Å²) in [5.74, 6) is 0.767. The minimum Gasteiger partial charge on any atom is -0.482 e. The van der Waals surface area contributed by atoms with Crippen molar-refractivity contribution in [2.24, 2.45) is 0 Å². The van der Waals surface area contributed by atoms with Crippen LogP contribution in [0.1, 0.15) is 64.5 Å². The first kappa shape index (κ1) is 21.0. The molecule has 0 heterocycles. The molecule has 0 saturated heterocycles. The number of benzene rings is 1. The van der Waals surface area contributed by atoms with Crippen molar-refractivity contribution in [1.29, 1.82) is 0 Å². The van der Waals surface area contributed by atoms with Crippen LogP contribution in [0.3, 0.4) is 0 Å². The molecular formula is C22H32O3. The van der Waals surface area contributed by atoms with Gasteiger partial charge in [0.05, 0.1) is 0 Å². The van der Waals surface area contributed by atoms with E-state index in [0.717, 1.165) is 29.7 Å². The maximum atomic E-state index is 11.9. The zero-order valence-corrected chi connectivity index (χ0v) is 16.5. The molecule has 0 fully saturated rings. The van der Waals surface area contributed by atoms with Gasteiger partial charge < -0.3 is 9.47 Å². The summed E-state index contributed by atoms with van der Waals surface area (Å²) in [7, 11) is 0. The summed E-state index contributed by atoms with van der Waals surface area (Å²) in [4.78, 5) is 11.9. The van der Waals surface area contributed by atoms with Gasteiger partial charge in [-0.2, -0.15) is 0 Å². The van der Waals surface area contributed by atoms with E-state index in [1.54, 1.807) is 0 Å². The molecule has 0 aromatic heterocycles. The Kier molecular flexibility index (Phi) is 9.04. The highest BCUT2D eigenvalue weighted by Crippen LogP contribution is 2.27. The molecule has 0 aliphatic carbocycles. The average Bonchev–Trinajstić information content (AvgIpc) is 2.52. The van der Waals surface area contributed by atoms with Crippen molar-refractivity contribution in [3.8, 4) is 5.75 Å². The Labute approximate surface area is 152 Å². The van der Waals surface area contributed by atoms with Crippen molar-refractivity contribution >= 4 is 5.97 Å². The highest BCUT2D eigenvalue weighted by atomic mass is 16.6. The van der Waals surface area contributed by atoms with E-state index in [1.807, 2.05) is 19.1 Å². The maximum absolute atomic E-state index is 11.9. The van der Waals surface area contributed by atoms with Crippen molar-refractivity contribution in [3.63, 3.8) is 0 Å². The van der Waals surface area contributed by atoms with Gasteiger partial charge in [0.15, 0.2) is 6.61 Å². The second-order valence-corrected chi connectivity index (χ2v) is 7.04. The lowest BCUT2D eigenvalue weighted by atomic mass is 10.0. The molecule has 1 rings (SSSR count). The molecule has 3 heteroatoms. The highest BCUT2D eigenvalue weighted by Gasteiger charge is 2.10. The minimum atomic E-state index is -0.343. The highest BCUT2D eigenvalue weighted by molar-refractivity contribution is 5.71. The monoisotopic (exact) mass is 344 g/mol. The maximum Gasteiger partial charge on any atom is 0.344 e. The van der Waals surface area contributed by atoms with Crippen LogP contribution < -0.4 is 4.74 Å². The Balaban J connectivity index is 2.43. The SMILES string of the molecule is CC(C)=CCC/C(C)=C/COC(=O)COc1cc(C)ccc1C(C)C. The van der Waals surface area contributed by atoms with Crippen molar-refractivity contribution in [3.05, 3.63) is 52.6 Å². The Morgan fingerprint density at radius 1 is 1.16 bits per heavy atom. The van der Waals surface area contributed by atoms with Gasteiger partial charge in [0.25, 0.3) is 0 Å². The number of allylic oxidation sites excluding steroid dienone is 3. The van der Waals surface area contributed by atoms with Gasteiger partial charge in [-0.1, -0.05) is 43.2 Å². The number of esters is 1. The third kappa shape index (κ3) is 8.57. The molecular weight excluding hydrogens is 312 g/mol. The molecule has 0 aliphatic heterocycles. The standard InChI is InChI=1S/C22H32O3/c1-16(2)8-7-9-18(5)12-13-24-22(23)15-25-21-14-19(6)10-11-20(21)17(3)4/h8,10-12,14,17H,7,9,13,15H2,1-6H3/b18-12+. The lowest BCUT2D eigenvalue weighted by molar-refractivity contribution is -0.144. The molecule has 0 spiro atoms. The number of aryl methyl sites for hydroxylation is 1. The Morgan fingerprint density at radius 2 is 1.88 bits per heavy atom. The molecule has 138 valence electrons. The fourth-order valence-corrected chi connectivity index (χ4v) is 2.39. The second kappa shape index (κ2) is 10.8. The van der Waals surface area contributed by atoms with E-state index in [2.05, 4.69) is 52.8 Å². The lowest BCUT2D eigenvalue weighted by Crippen LogP contribution is -2.16. The molecule has 0 bridgehead atoms. The minimum absolute atomic E-state index is 0.0617. The molecule has 25 heavy (non-hydrogen) atoms. The topological polar surface area (TPSA) is 35.5 Å². The molecule has 0 atom stereocenters. The van der Waals surface area contributed by atoms with E-state index in [9.17, 15) is 4.79 Å². The van der Waals surface area contributed by atoms with Crippen LogP contribution >= 0.6 is 0 Å². The van der Waals surface area contributed by atoms with Crippen LogP contribution in [0.2, 0.25) is 0 Å². The van der Waals surface area contributed by atoms with Crippen molar-refractivity contribution in [2.75, 3.05) is 13.2 Å². The quantitative estimate of drug-likeness (QED) is 0.424. The first-order valence-electron chi connectivity index (χ1n) is 8.97. The van der Waals surface area contributed by atoms with E-state index in [1.165, 1.54) is 11.1 Å². The largest absolute Gasteiger partial charge is 0.482 e. The molecule has 0 unspecified atom stereocenters. The summed E-state index contributed by atoms with van der Waals surface area (Å²) < 4.78 is 10.9. The van der Waals surface area contributed by atoms with Crippen molar-refractivity contribution in [1.82, 2.24) is 0 Å². The molecule has 0 aliphatic rings. The fourth-order valence-electron chi connectivity index (χ4n) is 2.39. The van der Waals surface area contributed by atoms with Gasteiger partial charge in [0.2, 0.25) is 0 Å². The van der Waals surface area contributed by atoms with Gasteiger partial charge in [-0.15, -0.1) is 0 Å². The van der Waals surface area contributed by atoms with Gasteiger partial charge in [-0.3, -0.25) is 0 Å². The predicted molar refractivity (Wildman–Crippen MR) is 104 cm³/mol. The van der Waals surface area contributed by atoms with Crippen LogP contribution in [-0.2, 0) is 9.53 Å². The summed E-state index contributed by atoms with van der Waals surface area (Å²) >= 11 is 0. The summed E-state index contributed by atoms with van der Waals surface area (Å²) in [6.45, 7) is 12.7. The van der Waals surface area contributed by atoms with Crippen LogP contribution in [0.15, 0.2) is 41.5 Å². The van der Waals surface area contributed by atoms with Gasteiger partial charge in [-0.05, 0) is 69.7 Å². The average molecular weight is 344 g/mol. The van der Waals surface area contributed by atoms with Crippen LogP contribution in [-0.4, -0.2) is 19.2 Å². The van der Waals surface area contributed by atoms with Gasteiger partial charge in [0.1, 0.15) is 12.4 Å². The number of hydrogen-bond donors (Lipinski definition) is 0. The van der Waals surface area contributed by atoms with Gasteiger partial charge in [-0.25, -0.2) is 4.79 Å². The molecule has 1 aromatic rings. The van der Waals surface area contributed by atoms with E-state index in [-0.39, 0.29) is 12.6 Å². The van der Waals surface area contributed by atoms with Crippen LogP contribution in [0, 0.1) is 6.92 Å². The Hall–Kier alpha value is -2.03. The smallest absolute Gasteiger partial charge is 0.344 e. The van der Waals surface area contributed by atoms with E-state index >= 15 is 0 Å². The molecule has 3 nitrogen and oxygen atoms in total. The number of hydrogen-bond acceptors (Lipinski definition) is 3. The summed E-state index contributed by atoms with van der Waals surface area (Å²) in [5, 5.41) is 0. The van der Waals surface area contributed by atoms with Crippen LogP contribution in [0.25, 0.3) is 0 Å². The predicted octanol–water partition coefficient (Wildman–Crippen LogP) is 5.73. The van der Waals surface area contributed by atoms with E-state index < -0.39 is 0 Å². The van der Waals surface area contributed by atoms with Crippen molar-refractivity contribution in [2.45, 2.75) is 60.3 Å². The number of rotatable bonds is 9. The third-order valence-electron chi connectivity index (χ3n) is 3.90. The Morgan fingerprint density at radius 3 is 2.52 bits per heavy atom. The third-order valence-corrected chi connectivity index (χ3v) is 3.90. The second-order valence-electron chi connectivity index (χ2n) is 7.04. The van der Waals surface area contributed by atoms with Gasteiger partial charge in [0, 0.05) is 0 Å². The molecule has 0 N–H and O–H groups in total. The number of carbonyl (C=O) groups is 1. The zero-order valence-electron chi connectivity index (χ0n) is 16.5. The first-order chi connectivity index (χ1) is 11.8. The van der Waals surface area contributed by atoms with Crippen LogP contribution in [0.5, 0.6) is 5.75 Å². The molecule has 1 aromatic carbocycles. The normalized spacial score (nSPS) is 11.4. The molecule has 0 amide bonds. The fraction of sp³-hybridized carbons (Fsp3) is 0.500.